The van der Waals surface area contributed by atoms with Gasteiger partial charge in [-0.3, -0.25) is 0 Å². The SMILES string of the molecule is O=[N+]([O-])[O-].O=[N+]([O-])[O-].[Ce+3].[Zr+4]. The molecule has 0 unspecified atom stereocenters. The summed E-state index contributed by atoms with van der Waals surface area (Å²) < 4.78 is 0. The summed E-state index contributed by atoms with van der Waals surface area (Å²) in [5.74, 6) is 0. The maximum Gasteiger partial charge on any atom is 4.00 e. The molecule has 0 rings (SSSR count). The van der Waals surface area contributed by atoms with Gasteiger partial charge in [-0.15, -0.1) is 0 Å². The predicted molar refractivity (Wildman–Crippen MR) is 20.7 cm³/mol. The van der Waals surface area contributed by atoms with Gasteiger partial charge in [-0.2, -0.15) is 0 Å². The summed E-state index contributed by atoms with van der Waals surface area (Å²) in [6.45, 7) is 0. The fourth-order valence-electron chi connectivity index (χ4n) is 0. The van der Waals surface area contributed by atoms with Gasteiger partial charge in [0.15, 0.2) is 0 Å². The second-order valence-corrected chi connectivity index (χ2v) is 0.447. The van der Waals surface area contributed by atoms with Crippen molar-refractivity contribution in [3.8, 4) is 0 Å². The van der Waals surface area contributed by atoms with Gasteiger partial charge in [-0.1, -0.05) is 0 Å². The first-order chi connectivity index (χ1) is 3.46. The number of hydrogen-bond acceptors (Lipinski definition) is 6. The van der Waals surface area contributed by atoms with Crippen molar-refractivity contribution in [2.75, 3.05) is 0 Å². The van der Waals surface area contributed by atoms with Crippen molar-refractivity contribution in [3.63, 3.8) is 0 Å². The zero-order chi connectivity index (χ0) is 7.15. The minimum atomic E-state index is -1.75. The monoisotopic (exact) mass is 354 g/mol. The van der Waals surface area contributed by atoms with Gasteiger partial charge in [0.25, 0.3) is 0 Å². The quantitative estimate of drug-likeness (QED) is 0.426. The van der Waals surface area contributed by atoms with Crippen molar-refractivity contribution < 1.29 is 78.1 Å². The first kappa shape index (κ1) is 22.4. The Morgan fingerprint density at radius 3 is 0.800 bits per heavy atom. The molecule has 0 aromatic heterocycles. The van der Waals surface area contributed by atoms with Gasteiger partial charge in [-0.25, -0.2) is 0 Å². The Hall–Kier alpha value is 0.660. The van der Waals surface area contributed by atoms with Gasteiger partial charge >= 0.3 is 68.0 Å². The van der Waals surface area contributed by atoms with Crippen LogP contribution in [0, 0.1) is 72.4 Å². The maximum absolute atomic E-state index is 8.25. The Kier molecular flexibility index (Phi) is 36.6. The van der Waals surface area contributed by atoms with Crippen LogP contribution < -0.4 is 0 Å². The molecule has 0 aromatic carbocycles. The fourth-order valence-corrected chi connectivity index (χ4v) is 0. The van der Waals surface area contributed by atoms with Gasteiger partial charge in [0.2, 0.25) is 0 Å². The zero-order valence-electron chi connectivity index (χ0n) is 4.34. The second-order valence-electron chi connectivity index (χ2n) is 0.447. The van der Waals surface area contributed by atoms with Crippen molar-refractivity contribution in [2.45, 2.75) is 0 Å². The second kappa shape index (κ2) is 16.3. The third kappa shape index (κ3) is 1170. The Balaban J connectivity index is -0.0000000300. The van der Waals surface area contributed by atoms with E-state index in [2.05, 4.69) is 0 Å². The molecule has 0 aliphatic carbocycles. The van der Waals surface area contributed by atoms with E-state index in [0.29, 0.717) is 0 Å². The van der Waals surface area contributed by atoms with Crippen molar-refractivity contribution in [2.24, 2.45) is 0 Å². The van der Waals surface area contributed by atoms with Crippen LogP contribution in [0.2, 0.25) is 0 Å². The van der Waals surface area contributed by atoms with Crippen LogP contribution >= 0.6 is 0 Å². The molecule has 0 saturated carbocycles. The molecule has 8 nitrogen and oxygen atoms in total. The zero-order valence-corrected chi connectivity index (χ0v) is 9.94. The Morgan fingerprint density at radius 2 is 0.800 bits per heavy atom. The molecule has 0 aliphatic rings. The van der Waals surface area contributed by atoms with Crippen molar-refractivity contribution >= 4 is 0 Å². The van der Waals surface area contributed by atoms with E-state index >= 15 is 0 Å². The van der Waals surface area contributed by atoms with Crippen LogP contribution in [0.1, 0.15) is 0 Å². The van der Waals surface area contributed by atoms with E-state index in [1.54, 1.807) is 0 Å². The van der Waals surface area contributed by atoms with Gasteiger partial charge in [0.05, 0.1) is 10.2 Å². The van der Waals surface area contributed by atoms with E-state index in [1.807, 2.05) is 0 Å². The van der Waals surface area contributed by atoms with E-state index < -0.39 is 10.2 Å². The Labute approximate surface area is 107 Å². The van der Waals surface area contributed by atoms with Crippen molar-refractivity contribution in [1.29, 1.82) is 0 Å². The molecule has 1 radical (unpaired) electrons. The third-order valence-corrected chi connectivity index (χ3v) is 0. The van der Waals surface area contributed by atoms with Crippen LogP contribution in [0.3, 0.4) is 0 Å². The molecule has 0 aliphatic heterocycles. The van der Waals surface area contributed by atoms with Gasteiger partial charge in [0, 0.05) is 0 Å². The third-order valence-electron chi connectivity index (χ3n) is 0. The normalized spacial score (nSPS) is 4.80. The molecule has 10 heavy (non-hydrogen) atoms. The van der Waals surface area contributed by atoms with Crippen LogP contribution in [0.15, 0.2) is 0 Å². The van der Waals surface area contributed by atoms with Gasteiger partial charge in [0.1, 0.15) is 0 Å². The van der Waals surface area contributed by atoms with Crippen LogP contribution in [-0.2, 0) is 26.2 Å². The Bertz CT molecular complexity index is 73.7. The molecular formula is CeN2O6Zr+5. The van der Waals surface area contributed by atoms with Gasteiger partial charge in [-0.05, 0) is 0 Å². The van der Waals surface area contributed by atoms with Crippen LogP contribution in [0.4, 0.5) is 0 Å². The maximum atomic E-state index is 8.25. The number of hydrogen-bond donors (Lipinski definition) is 0. The summed E-state index contributed by atoms with van der Waals surface area (Å²) in [5.41, 5.74) is 0. The molecule has 0 spiro atoms. The first-order valence-corrected chi connectivity index (χ1v) is 1.10. The van der Waals surface area contributed by atoms with Gasteiger partial charge < -0.3 is 30.6 Å². The summed E-state index contributed by atoms with van der Waals surface area (Å²) in [4.78, 5) is 16.5. The molecule has 10 heteroatoms. The summed E-state index contributed by atoms with van der Waals surface area (Å²) in [7, 11) is 0. The smallest absolute Gasteiger partial charge is 0.356 e. The van der Waals surface area contributed by atoms with Crippen LogP contribution in [0.25, 0.3) is 0 Å². The fraction of sp³-hybridized carbons (Fsp3) is 0. The average Bonchev–Trinajstić information content (AvgIpc) is 1.25. The Morgan fingerprint density at radius 1 is 0.800 bits per heavy atom. The summed E-state index contributed by atoms with van der Waals surface area (Å²) >= 11 is 0. The summed E-state index contributed by atoms with van der Waals surface area (Å²) in [6.07, 6.45) is 0. The molecule has 0 amide bonds. The molecule has 0 bridgehead atoms. The number of nitrogens with zero attached hydrogens (tertiary/aromatic N) is 2. The van der Waals surface area contributed by atoms with Crippen molar-refractivity contribution in [3.05, 3.63) is 30.6 Å². The minimum absolute atomic E-state index is 0. The van der Waals surface area contributed by atoms with Crippen molar-refractivity contribution in [1.82, 2.24) is 0 Å². The standard InChI is InChI=1S/Ce.2NO3.Zr/c;2*2-1(3)4;/q+3;2*-1;+4. The minimum Gasteiger partial charge on any atom is -0.356 e. The molecule has 49 valence electrons. The van der Waals surface area contributed by atoms with Crippen LogP contribution in [0.5, 0.6) is 0 Å². The molecule has 0 N–H and O–H groups in total. The largest absolute Gasteiger partial charge is 4.00 e. The number of rotatable bonds is 0. The first-order valence-electron chi connectivity index (χ1n) is 1.10. The van der Waals surface area contributed by atoms with E-state index in [4.69, 9.17) is 30.6 Å². The average molecular weight is 355 g/mol. The summed E-state index contributed by atoms with van der Waals surface area (Å²) in [5, 5.41) is 29.5. The molecule has 0 saturated heterocycles. The van der Waals surface area contributed by atoms with E-state index in [9.17, 15) is 0 Å². The predicted octanol–water partition coefficient (Wildman–Crippen LogP) is -0.481. The molecule has 0 fully saturated rings. The molecule has 0 atom stereocenters. The summed E-state index contributed by atoms with van der Waals surface area (Å²) in [6, 6.07) is 0. The van der Waals surface area contributed by atoms with E-state index in [1.165, 1.54) is 0 Å². The molecule has 0 aromatic rings. The molecular weight excluding hydrogens is 355 g/mol. The molecule has 0 heterocycles. The topological polar surface area (TPSA) is 132 Å². The van der Waals surface area contributed by atoms with E-state index in [-0.39, 0.29) is 68.0 Å². The van der Waals surface area contributed by atoms with Crippen LogP contribution in [-0.4, -0.2) is 10.2 Å². The van der Waals surface area contributed by atoms with E-state index in [0.717, 1.165) is 0 Å².